The van der Waals surface area contributed by atoms with Gasteiger partial charge >= 0.3 is 0 Å². The highest BCUT2D eigenvalue weighted by Crippen LogP contribution is 2.31. The summed E-state index contributed by atoms with van der Waals surface area (Å²) in [6, 6.07) is 10.9. The fourth-order valence-corrected chi connectivity index (χ4v) is 3.05. The van der Waals surface area contributed by atoms with Crippen molar-refractivity contribution in [1.29, 1.82) is 0 Å². The van der Waals surface area contributed by atoms with E-state index in [1.807, 2.05) is 31.2 Å². The van der Waals surface area contributed by atoms with Crippen molar-refractivity contribution < 1.29 is 4.39 Å². The average molecular weight is 337 g/mol. The van der Waals surface area contributed by atoms with Crippen LogP contribution in [0.4, 0.5) is 15.2 Å². The molecule has 1 heterocycles. The Hall–Kier alpha value is -1.46. The van der Waals surface area contributed by atoms with E-state index < -0.39 is 0 Å². The van der Waals surface area contributed by atoms with Crippen LogP contribution in [0.2, 0.25) is 0 Å². The molecule has 0 fully saturated rings. The van der Waals surface area contributed by atoms with Crippen molar-refractivity contribution >= 4 is 48.3 Å². The average Bonchev–Trinajstić information content (AvgIpc) is 2.75. The van der Waals surface area contributed by atoms with Gasteiger partial charge in [0.2, 0.25) is 0 Å². The van der Waals surface area contributed by atoms with E-state index in [2.05, 4.69) is 26.2 Å². The molecule has 0 aliphatic carbocycles. The van der Waals surface area contributed by atoms with Gasteiger partial charge in [0.15, 0.2) is 5.13 Å². The molecular formula is C14H10BrFN2S. The van der Waals surface area contributed by atoms with Gasteiger partial charge in [0.25, 0.3) is 0 Å². The minimum absolute atomic E-state index is 0.263. The lowest BCUT2D eigenvalue weighted by Crippen LogP contribution is -1.95. The Kier molecular flexibility index (Phi) is 3.24. The number of hydrogen-bond donors (Lipinski definition) is 1. The SMILES string of the molecule is Cc1cccc(F)c1Nc1nc2cc(Br)ccc2s1. The molecule has 19 heavy (non-hydrogen) atoms. The van der Waals surface area contributed by atoms with Crippen molar-refractivity contribution in [3.63, 3.8) is 0 Å². The number of benzene rings is 2. The standard InChI is InChI=1S/C14H10BrFN2S/c1-8-3-2-4-10(16)13(8)18-14-17-11-7-9(15)5-6-12(11)19-14/h2-7H,1H3,(H,17,18). The lowest BCUT2D eigenvalue weighted by Gasteiger charge is -2.07. The van der Waals surface area contributed by atoms with Gasteiger partial charge in [-0.15, -0.1) is 0 Å². The molecule has 0 saturated carbocycles. The highest BCUT2D eigenvalue weighted by Gasteiger charge is 2.09. The van der Waals surface area contributed by atoms with E-state index in [0.717, 1.165) is 20.3 Å². The molecule has 0 aliphatic rings. The maximum Gasteiger partial charge on any atom is 0.188 e. The zero-order chi connectivity index (χ0) is 13.4. The molecule has 0 unspecified atom stereocenters. The molecule has 0 bridgehead atoms. The zero-order valence-electron chi connectivity index (χ0n) is 10.1. The van der Waals surface area contributed by atoms with Crippen molar-refractivity contribution in [2.45, 2.75) is 6.92 Å². The van der Waals surface area contributed by atoms with Gasteiger partial charge in [0.1, 0.15) is 5.82 Å². The van der Waals surface area contributed by atoms with E-state index in [1.54, 1.807) is 6.07 Å². The third-order valence-electron chi connectivity index (χ3n) is 2.80. The van der Waals surface area contributed by atoms with Crippen LogP contribution in [-0.2, 0) is 0 Å². The molecule has 2 nitrogen and oxygen atoms in total. The molecular weight excluding hydrogens is 327 g/mol. The second kappa shape index (κ2) is 4.90. The second-order valence-corrected chi connectivity index (χ2v) is 6.13. The summed E-state index contributed by atoms with van der Waals surface area (Å²) in [5.41, 5.74) is 2.25. The molecule has 0 spiro atoms. The number of fused-ring (bicyclic) bond motifs is 1. The van der Waals surface area contributed by atoms with Gasteiger partial charge < -0.3 is 5.32 Å². The summed E-state index contributed by atoms with van der Waals surface area (Å²) in [5, 5.41) is 3.76. The smallest absolute Gasteiger partial charge is 0.188 e. The van der Waals surface area contributed by atoms with E-state index in [9.17, 15) is 4.39 Å². The highest BCUT2D eigenvalue weighted by atomic mass is 79.9. The van der Waals surface area contributed by atoms with E-state index in [-0.39, 0.29) is 5.82 Å². The van der Waals surface area contributed by atoms with Gasteiger partial charge in [-0.05, 0) is 36.8 Å². The second-order valence-electron chi connectivity index (χ2n) is 4.19. The van der Waals surface area contributed by atoms with Crippen LogP contribution in [0.25, 0.3) is 10.2 Å². The summed E-state index contributed by atoms with van der Waals surface area (Å²) in [4.78, 5) is 4.46. The molecule has 3 aromatic rings. The molecule has 2 aromatic carbocycles. The van der Waals surface area contributed by atoms with E-state index in [1.165, 1.54) is 17.4 Å². The Morgan fingerprint density at radius 1 is 1.26 bits per heavy atom. The minimum Gasteiger partial charge on any atom is -0.329 e. The van der Waals surface area contributed by atoms with Crippen molar-refractivity contribution in [3.8, 4) is 0 Å². The summed E-state index contributed by atoms with van der Waals surface area (Å²) in [6.07, 6.45) is 0. The molecule has 0 aliphatic heterocycles. The Bertz CT molecular complexity index is 734. The summed E-state index contributed by atoms with van der Waals surface area (Å²) < 4.78 is 15.8. The van der Waals surface area contributed by atoms with Crippen LogP contribution < -0.4 is 5.32 Å². The minimum atomic E-state index is -0.263. The molecule has 0 saturated heterocycles. The Labute approximate surface area is 122 Å². The first-order valence-electron chi connectivity index (χ1n) is 5.72. The van der Waals surface area contributed by atoms with E-state index >= 15 is 0 Å². The number of para-hydroxylation sites is 1. The van der Waals surface area contributed by atoms with Gasteiger partial charge in [0, 0.05) is 4.47 Å². The summed E-state index contributed by atoms with van der Waals surface area (Å²) in [7, 11) is 0. The van der Waals surface area contributed by atoms with Gasteiger partial charge in [0.05, 0.1) is 15.9 Å². The number of thiazole rings is 1. The molecule has 0 radical (unpaired) electrons. The highest BCUT2D eigenvalue weighted by molar-refractivity contribution is 9.10. The van der Waals surface area contributed by atoms with Crippen LogP contribution in [0.3, 0.4) is 0 Å². The van der Waals surface area contributed by atoms with Crippen molar-refractivity contribution in [2.24, 2.45) is 0 Å². The van der Waals surface area contributed by atoms with Gasteiger partial charge in [-0.3, -0.25) is 0 Å². The molecule has 5 heteroatoms. The fourth-order valence-electron chi connectivity index (χ4n) is 1.85. The Morgan fingerprint density at radius 3 is 2.89 bits per heavy atom. The maximum absolute atomic E-state index is 13.8. The lowest BCUT2D eigenvalue weighted by atomic mass is 10.2. The normalized spacial score (nSPS) is 10.9. The summed E-state index contributed by atoms with van der Waals surface area (Å²) in [6.45, 7) is 1.87. The molecule has 96 valence electrons. The Morgan fingerprint density at radius 2 is 2.11 bits per heavy atom. The monoisotopic (exact) mass is 336 g/mol. The first-order valence-corrected chi connectivity index (χ1v) is 7.32. The Balaban J connectivity index is 2.01. The first kappa shape index (κ1) is 12.6. The summed E-state index contributed by atoms with van der Waals surface area (Å²) >= 11 is 4.92. The van der Waals surface area contributed by atoms with Crippen molar-refractivity contribution in [1.82, 2.24) is 4.98 Å². The van der Waals surface area contributed by atoms with Crippen LogP contribution in [0.5, 0.6) is 0 Å². The summed E-state index contributed by atoms with van der Waals surface area (Å²) in [5.74, 6) is -0.263. The number of nitrogens with one attached hydrogen (secondary N) is 1. The number of aromatic nitrogens is 1. The van der Waals surface area contributed by atoms with Crippen molar-refractivity contribution in [3.05, 3.63) is 52.3 Å². The number of rotatable bonds is 2. The lowest BCUT2D eigenvalue weighted by molar-refractivity contribution is 0.631. The van der Waals surface area contributed by atoms with Crippen LogP contribution in [0, 0.1) is 12.7 Å². The number of nitrogens with zero attached hydrogens (tertiary/aromatic N) is 1. The maximum atomic E-state index is 13.8. The molecule has 0 atom stereocenters. The quantitative estimate of drug-likeness (QED) is 0.691. The number of aryl methyl sites for hydroxylation is 1. The third kappa shape index (κ3) is 2.48. The van der Waals surface area contributed by atoms with Gasteiger partial charge in [-0.25, -0.2) is 9.37 Å². The molecule has 3 rings (SSSR count). The predicted octanol–water partition coefficient (Wildman–Crippen LogP) is 5.25. The van der Waals surface area contributed by atoms with E-state index in [0.29, 0.717) is 10.8 Å². The number of anilines is 2. The molecule has 1 N–H and O–H groups in total. The fraction of sp³-hybridized carbons (Fsp3) is 0.0714. The number of halogens is 2. The predicted molar refractivity (Wildman–Crippen MR) is 81.7 cm³/mol. The van der Waals surface area contributed by atoms with Crippen LogP contribution in [0.15, 0.2) is 40.9 Å². The topological polar surface area (TPSA) is 24.9 Å². The van der Waals surface area contributed by atoms with Crippen molar-refractivity contribution in [2.75, 3.05) is 5.32 Å². The number of hydrogen-bond acceptors (Lipinski definition) is 3. The van der Waals surface area contributed by atoms with Crippen LogP contribution >= 0.6 is 27.3 Å². The molecule has 0 amide bonds. The first-order chi connectivity index (χ1) is 9.13. The van der Waals surface area contributed by atoms with Gasteiger partial charge in [-0.1, -0.05) is 39.4 Å². The van der Waals surface area contributed by atoms with Crippen LogP contribution in [-0.4, -0.2) is 4.98 Å². The largest absolute Gasteiger partial charge is 0.329 e. The van der Waals surface area contributed by atoms with Gasteiger partial charge in [-0.2, -0.15) is 0 Å². The van der Waals surface area contributed by atoms with Crippen LogP contribution in [0.1, 0.15) is 5.56 Å². The third-order valence-corrected chi connectivity index (χ3v) is 4.25. The zero-order valence-corrected chi connectivity index (χ0v) is 12.5. The van der Waals surface area contributed by atoms with E-state index in [4.69, 9.17) is 0 Å². The molecule has 1 aromatic heterocycles.